The number of aromatic nitrogens is 1. The van der Waals surface area contributed by atoms with Gasteiger partial charge in [0.2, 0.25) is 0 Å². The first kappa shape index (κ1) is 12.2. The van der Waals surface area contributed by atoms with E-state index >= 15 is 0 Å². The van der Waals surface area contributed by atoms with E-state index in [0.29, 0.717) is 0 Å². The molecule has 0 aliphatic carbocycles. The Balaban J connectivity index is 1.61. The second kappa shape index (κ2) is 5.39. The van der Waals surface area contributed by atoms with Gasteiger partial charge in [-0.3, -0.25) is 0 Å². The molecule has 0 spiro atoms. The van der Waals surface area contributed by atoms with Crippen LogP contribution in [0.15, 0.2) is 42.6 Å². The predicted molar refractivity (Wildman–Crippen MR) is 80.6 cm³/mol. The molecule has 0 radical (unpaired) electrons. The maximum atomic E-state index is 3.47. The van der Waals surface area contributed by atoms with Crippen molar-refractivity contribution in [3.63, 3.8) is 0 Å². The van der Waals surface area contributed by atoms with E-state index in [0.717, 1.165) is 6.54 Å². The standard InChI is InChI=1S/C16H21N3/c1-18-10-4-5-16(18)13-17-14-6-8-15(9-7-14)19-11-2-3-12-19/h4-10,17H,2-3,11-13H2,1H3. The minimum Gasteiger partial charge on any atom is -0.379 e. The van der Waals surface area contributed by atoms with Gasteiger partial charge in [-0.05, 0) is 49.2 Å². The molecule has 0 amide bonds. The average molecular weight is 255 g/mol. The Morgan fingerprint density at radius 2 is 1.79 bits per heavy atom. The molecule has 2 aromatic rings. The van der Waals surface area contributed by atoms with E-state index in [9.17, 15) is 0 Å². The fraction of sp³-hybridized carbons (Fsp3) is 0.375. The third-order valence-electron chi connectivity index (χ3n) is 3.86. The van der Waals surface area contributed by atoms with Gasteiger partial charge in [-0.1, -0.05) is 0 Å². The average Bonchev–Trinajstić information content (AvgIpc) is 3.09. The van der Waals surface area contributed by atoms with Gasteiger partial charge in [0, 0.05) is 43.4 Å². The van der Waals surface area contributed by atoms with Crippen LogP contribution in [-0.4, -0.2) is 17.7 Å². The number of benzene rings is 1. The molecule has 2 heterocycles. The molecule has 3 nitrogen and oxygen atoms in total. The van der Waals surface area contributed by atoms with Crippen LogP contribution >= 0.6 is 0 Å². The third-order valence-corrected chi connectivity index (χ3v) is 3.86. The summed E-state index contributed by atoms with van der Waals surface area (Å²) in [6.07, 6.45) is 4.73. The summed E-state index contributed by atoms with van der Waals surface area (Å²) in [6, 6.07) is 13.0. The lowest BCUT2D eigenvalue weighted by atomic mass is 10.2. The van der Waals surface area contributed by atoms with Crippen LogP contribution in [0, 0.1) is 0 Å². The summed E-state index contributed by atoms with van der Waals surface area (Å²) in [4.78, 5) is 2.46. The molecule has 0 bridgehead atoms. The zero-order valence-electron chi connectivity index (χ0n) is 11.5. The highest BCUT2D eigenvalue weighted by Gasteiger charge is 2.11. The third kappa shape index (κ3) is 2.75. The minimum absolute atomic E-state index is 0.868. The first-order valence-electron chi connectivity index (χ1n) is 7.02. The van der Waals surface area contributed by atoms with Crippen LogP contribution in [0.5, 0.6) is 0 Å². The maximum absolute atomic E-state index is 3.47. The molecule has 1 aromatic heterocycles. The van der Waals surface area contributed by atoms with Crippen LogP contribution in [0.3, 0.4) is 0 Å². The SMILES string of the molecule is Cn1cccc1CNc1ccc(N2CCCC2)cc1. The van der Waals surface area contributed by atoms with E-state index in [1.54, 1.807) is 0 Å². The Bertz CT molecular complexity index is 521. The molecule has 1 aromatic carbocycles. The highest BCUT2D eigenvalue weighted by atomic mass is 15.1. The highest BCUT2D eigenvalue weighted by molar-refractivity contribution is 5.55. The van der Waals surface area contributed by atoms with Crippen molar-refractivity contribution in [1.82, 2.24) is 4.57 Å². The van der Waals surface area contributed by atoms with Gasteiger partial charge in [0.1, 0.15) is 0 Å². The van der Waals surface area contributed by atoms with Gasteiger partial charge in [0.25, 0.3) is 0 Å². The highest BCUT2D eigenvalue weighted by Crippen LogP contribution is 2.22. The van der Waals surface area contributed by atoms with Crippen molar-refractivity contribution < 1.29 is 0 Å². The van der Waals surface area contributed by atoms with Gasteiger partial charge < -0.3 is 14.8 Å². The van der Waals surface area contributed by atoms with Crippen molar-refractivity contribution in [2.24, 2.45) is 7.05 Å². The van der Waals surface area contributed by atoms with Crippen molar-refractivity contribution in [2.75, 3.05) is 23.3 Å². The molecule has 1 aliphatic heterocycles. The molecule has 1 fully saturated rings. The molecule has 0 unspecified atom stereocenters. The molecule has 3 heteroatoms. The fourth-order valence-electron chi connectivity index (χ4n) is 2.64. The smallest absolute Gasteiger partial charge is 0.0553 e. The number of hydrogen-bond acceptors (Lipinski definition) is 2. The summed E-state index contributed by atoms with van der Waals surface area (Å²) in [7, 11) is 2.08. The topological polar surface area (TPSA) is 20.2 Å². The normalized spacial score (nSPS) is 14.9. The number of nitrogens with one attached hydrogen (secondary N) is 1. The van der Waals surface area contributed by atoms with Crippen molar-refractivity contribution in [3.8, 4) is 0 Å². The molecule has 100 valence electrons. The van der Waals surface area contributed by atoms with Crippen molar-refractivity contribution >= 4 is 11.4 Å². The molecule has 0 atom stereocenters. The van der Waals surface area contributed by atoms with Gasteiger partial charge in [-0.2, -0.15) is 0 Å². The molecular formula is C16H21N3. The number of nitrogens with zero attached hydrogens (tertiary/aromatic N) is 2. The van der Waals surface area contributed by atoms with Crippen LogP contribution in [0.2, 0.25) is 0 Å². The second-order valence-electron chi connectivity index (χ2n) is 5.21. The minimum atomic E-state index is 0.868. The Hall–Kier alpha value is -1.90. The summed E-state index contributed by atoms with van der Waals surface area (Å²) in [5.74, 6) is 0. The Labute approximate surface area is 114 Å². The zero-order valence-corrected chi connectivity index (χ0v) is 11.5. The molecule has 0 saturated carbocycles. The van der Waals surface area contributed by atoms with Gasteiger partial charge in [-0.15, -0.1) is 0 Å². The zero-order chi connectivity index (χ0) is 13.1. The van der Waals surface area contributed by atoms with E-state index in [-0.39, 0.29) is 0 Å². The first-order chi connectivity index (χ1) is 9.33. The molecular weight excluding hydrogens is 234 g/mol. The lowest BCUT2D eigenvalue weighted by molar-refractivity contribution is 0.842. The largest absolute Gasteiger partial charge is 0.379 e. The van der Waals surface area contributed by atoms with Gasteiger partial charge in [-0.25, -0.2) is 0 Å². The molecule has 1 aliphatic rings. The monoisotopic (exact) mass is 255 g/mol. The predicted octanol–water partition coefficient (Wildman–Crippen LogP) is 3.24. The fourth-order valence-corrected chi connectivity index (χ4v) is 2.64. The molecule has 19 heavy (non-hydrogen) atoms. The van der Waals surface area contributed by atoms with Gasteiger partial charge in [0.15, 0.2) is 0 Å². The Morgan fingerprint density at radius 1 is 1.05 bits per heavy atom. The quantitative estimate of drug-likeness (QED) is 0.905. The van der Waals surface area contributed by atoms with Gasteiger partial charge in [0.05, 0.1) is 6.54 Å². The van der Waals surface area contributed by atoms with Crippen LogP contribution in [-0.2, 0) is 13.6 Å². The summed E-state index contributed by atoms with van der Waals surface area (Å²) in [6.45, 7) is 3.28. The summed E-state index contributed by atoms with van der Waals surface area (Å²) >= 11 is 0. The van der Waals surface area contributed by atoms with E-state index in [1.165, 1.54) is 43.0 Å². The van der Waals surface area contributed by atoms with Crippen LogP contribution in [0.25, 0.3) is 0 Å². The van der Waals surface area contributed by atoms with Crippen LogP contribution in [0.1, 0.15) is 18.5 Å². The van der Waals surface area contributed by atoms with Crippen LogP contribution in [0.4, 0.5) is 11.4 Å². The number of hydrogen-bond donors (Lipinski definition) is 1. The lowest BCUT2D eigenvalue weighted by Gasteiger charge is -2.18. The summed E-state index contributed by atoms with van der Waals surface area (Å²) in [5.41, 5.74) is 3.83. The second-order valence-corrected chi connectivity index (χ2v) is 5.21. The number of aryl methyl sites for hydroxylation is 1. The summed E-state index contributed by atoms with van der Waals surface area (Å²) in [5, 5.41) is 3.47. The maximum Gasteiger partial charge on any atom is 0.0553 e. The lowest BCUT2D eigenvalue weighted by Crippen LogP contribution is -2.17. The Kier molecular flexibility index (Phi) is 3.45. The Morgan fingerprint density at radius 3 is 2.42 bits per heavy atom. The van der Waals surface area contributed by atoms with Crippen molar-refractivity contribution in [3.05, 3.63) is 48.3 Å². The van der Waals surface area contributed by atoms with E-state index in [2.05, 4.69) is 64.4 Å². The summed E-state index contributed by atoms with van der Waals surface area (Å²) < 4.78 is 2.14. The molecule has 1 saturated heterocycles. The van der Waals surface area contributed by atoms with Crippen LogP contribution < -0.4 is 10.2 Å². The van der Waals surface area contributed by atoms with Crippen molar-refractivity contribution in [2.45, 2.75) is 19.4 Å². The molecule has 3 rings (SSSR count). The van der Waals surface area contributed by atoms with Crippen molar-refractivity contribution in [1.29, 1.82) is 0 Å². The van der Waals surface area contributed by atoms with E-state index in [4.69, 9.17) is 0 Å². The molecule has 1 N–H and O–H groups in total. The number of rotatable bonds is 4. The van der Waals surface area contributed by atoms with E-state index < -0.39 is 0 Å². The van der Waals surface area contributed by atoms with Gasteiger partial charge >= 0.3 is 0 Å². The number of anilines is 2. The van der Waals surface area contributed by atoms with E-state index in [1.807, 2.05) is 0 Å². The first-order valence-corrected chi connectivity index (χ1v) is 7.02.